The minimum Gasteiger partial charge on any atom is -0.394 e. The van der Waals surface area contributed by atoms with Gasteiger partial charge >= 0.3 is 0 Å². The molecule has 0 aromatic carbocycles. The highest BCUT2D eigenvalue weighted by molar-refractivity contribution is 5.87. The molecule has 4 N–H and O–H groups in total. The van der Waals surface area contributed by atoms with E-state index in [1.54, 1.807) is 0 Å². The predicted molar refractivity (Wildman–Crippen MR) is 65.5 cm³/mol. The van der Waals surface area contributed by atoms with E-state index < -0.39 is 18.3 Å². The van der Waals surface area contributed by atoms with Gasteiger partial charge in [0.1, 0.15) is 0 Å². The number of fused-ring (bicyclic) bond motifs is 1. The van der Waals surface area contributed by atoms with Crippen LogP contribution in [0.5, 0.6) is 0 Å². The number of aliphatic hydroxyl groups is 2. The largest absolute Gasteiger partial charge is 0.394 e. The maximum atomic E-state index is 11.7. The summed E-state index contributed by atoms with van der Waals surface area (Å²) in [5, 5.41) is 20.6. The summed E-state index contributed by atoms with van der Waals surface area (Å²) in [6.07, 6.45) is 0.353. The molecule has 0 spiro atoms. The Bertz CT molecular complexity index is 661. The minimum atomic E-state index is -0.984. The molecule has 0 radical (unpaired) electrons. The second kappa shape index (κ2) is 5.16. The lowest BCUT2D eigenvalue weighted by Crippen LogP contribution is -2.21. The quantitative estimate of drug-likeness (QED) is 0.529. The first-order valence-corrected chi connectivity index (χ1v) is 5.53. The molecule has 0 fully saturated rings. The fourth-order valence-electron chi connectivity index (χ4n) is 1.60. The van der Waals surface area contributed by atoms with Crippen molar-refractivity contribution in [2.45, 2.75) is 19.6 Å². The molecule has 0 aliphatic heterocycles. The van der Waals surface area contributed by atoms with E-state index >= 15 is 0 Å². The second-order valence-corrected chi connectivity index (χ2v) is 4.00. The van der Waals surface area contributed by atoms with E-state index in [0.29, 0.717) is 0 Å². The van der Waals surface area contributed by atoms with Crippen molar-refractivity contribution in [2.75, 3.05) is 11.9 Å². The van der Waals surface area contributed by atoms with Crippen molar-refractivity contribution < 1.29 is 15.0 Å². The number of rotatable bonds is 4. The molecule has 0 saturated carbocycles. The standard InChI is InChI=1S/C10H13N5O4/c1-5(17)12-10-13-8-7(9(19)14-10)11-4-15(8)2-6(18)3-16/h4,6,16,18H,2-3H2,1H3,(H2,12,13,14,17,19)/t6-/m0/s1. The molecule has 1 amide bonds. The number of H-pyrrole nitrogens is 1. The summed E-state index contributed by atoms with van der Waals surface area (Å²) in [6.45, 7) is 0.918. The Morgan fingerprint density at radius 1 is 1.63 bits per heavy atom. The normalized spacial score (nSPS) is 12.6. The molecule has 2 heterocycles. The summed E-state index contributed by atoms with van der Waals surface area (Å²) in [5.41, 5.74) is -0.176. The molecule has 19 heavy (non-hydrogen) atoms. The number of carbonyl (C=O) groups is 1. The lowest BCUT2D eigenvalue weighted by molar-refractivity contribution is -0.114. The number of aromatic amines is 1. The lowest BCUT2D eigenvalue weighted by Gasteiger charge is -2.08. The van der Waals surface area contributed by atoms with Crippen LogP contribution in [0.2, 0.25) is 0 Å². The van der Waals surface area contributed by atoms with Gasteiger partial charge in [0.15, 0.2) is 11.2 Å². The molecule has 2 rings (SSSR count). The van der Waals surface area contributed by atoms with Crippen LogP contribution in [0.15, 0.2) is 11.1 Å². The first-order valence-electron chi connectivity index (χ1n) is 5.53. The van der Waals surface area contributed by atoms with Gasteiger partial charge in [0.2, 0.25) is 11.9 Å². The Balaban J connectivity index is 2.47. The Labute approximate surface area is 106 Å². The van der Waals surface area contributed by atoms with E-state index in [0.717, 1.165) is 0 Å². The van der Waals surface area contributed by atoms with Crippen LogP contribution in [0.4, 0.5) is 5.95 Å². The van der Waals surface area contributed by atoms with Gasteiger partial charge in [-0.3, -0.25) is 19.9 Å². The SMILES string of the molecule is CC(=O)Nc1nc2c(ncn2C[C@H](O)CO)c(=O)[nH]1. The lowest BCUT2D eigenvalue weighted by atomic mass is 10.4. The third-order valence-corrected chi connectivity index (χ3v) is 2.39. The van der Waals surface area contributed by atoms with Gasteiger partial charge in [-0.1, -0.05) is 0 Å². The van der Waals surface area contributed by atoms with Crippen molar-refractivity contribution in [1.29, 1.82) is 0 Å². The number of imidazole rings is 1. The number of nitrogens with zero attached hydrogens (tertiary/aromatic N) is 3. The number of anilines is 1. The molecule has 9 heteroatoms. The number of nitrogens with one attached hydrogen (secondary N) is 2. The summed E-state index contributed by atoms with van der Waals surface area (Å²) in [6, 6.07) is 0. The van der Waals surface area contributed by atoms with Crippen molar-refractivity contribution in [3.63, 3.8) is 0 Å². The monoisotopic (exact) mass is 267 g/mol. The van der Waals surface area contributed by atoms with Gasteiger partial charge in [-0.25, -0.2) is 4.98 Å². The summed E-state index contributed by atoms with van der Waals surface area (Å²) >= 11 is 0. The van der Waals surface area contributed by atoms with Gasteiger partial charge < -0.3 is 14.8 Å². The zero-order valence-electron chi connectivity index (χ0n) is 10.1. The molecule has 2 aromatic heterocycles. The third kappa shape index (κ3) is 2.77. The van der Waals surface area contributed by atoms with Crippen molar-refractivity contribution in [2.24, 2.45) is 0 Å². The van der Waals surface area contributed by atoms with E-state index in [2.05, 4.69) is 20.3 Å². The molecule has 0 unspecified atom stereocenters. The number of carbonyl (C=O) groups excluding carboxylic acids is 1. The third-order valence-electron chi connectivity index (χ3n) is 2.39. The number of hydrogen-bond donors (Lipinski definition) is 4. The van der Waals surface area contributed by atoms with Crippen LogP contribution < -0.4 is 10.9 Å². The highest BCUT2D eigenvalue weighted by atomic mass is 16.3. The molecule has 0 saturated heterocycles. The fourth-order valence-corrected chi connectivity index (χ4v) is 1.60. The van der Waals surface area contributed by atoms with Crippen molar-refractivity contribution in [3.05, 3.63) is 16.7 Å². The maximum absolute atomic E-state index is 11.7. The van der Waals surface area contributed by atoms with Crippen LogP contribution >= 0.6 is 0 Å². The molecular weight excluding hydrogens is 254 g/mol. The maximum Gasteiger partial charge on any atom is 0.280 e. The molecule has 0 aliphatic rings. The first kappa shape index (κ1) is 13.2. The van der Waals surface area contributed by atoms with E-state index in [-0.39, 0.29) is 29.6 Å². The van der Waals surface area contributed by atoms with Gasteiger partial charge in [0, 0.05) is 6.92 Å². The van der Waals surface area contributed by atoms with Crippen LogP contribution in [0.25, 0.3) is 11.2 Å². The van der Waals surface area contributed by atoms with E-state index in [1.807, 2.05) is 0 Å². The average Bonchev–Trinajstić information content (AvgIpc) is 2.72. The molecule has 9 nitrogen and oxygen atoms in total. The number of amides is 1. The molecule has 102 valence electrons. The van der Waals surface area contributed by atoms with Gasteiger partial charge in [-0.2, -0.15) is 4.98 Å². The second-order valence-electron chi connectivity index (χ2n) is 4.00. The zero-order chi connectivity index (χ0) is 14.0. The van der Waals surface area contributed by atoms with Gasteiger partial charge in [0.25, 0.3) is 5.56 Å². The van der Waals surface area contributed by atoms with Crippen molar-refractivity contribution in [1.82, 2.24) is 19.5 Å². The van der Waals surface area contributed by atoms with Crippen molar-refractivity contribution in [3.8, 4) is 0 Å². The van der Waals surface area contributed by atoms with E-state index in [9.17, 15) is 14.7 Å². The molecule has 0 aliphatic carbocycles. The Morgan fingerprint density at radius 2 is 2.37 bits per heavy atom. The summed E-state index contributed by atoms with van der Waals surface area (Å²) in [4.78, 5) is 33.0. The molecular formula is C10H13N5O4. The van der Waals surface area contributed by atoms with Crippen LogP contribution in [0, 0.1) is 0 Å². The minimum absolute atomic E-state index is 0.00485. The number of aromatic nitrogens is 4. The molecule has 1 atom stereocenters. The van der Waals surface area contributed by atoms with E-state index in [1.165, 1.54) is 17.8 Å². The van der Waals surface area contributed by atoms with Crippen molar-refractivity contribution >= 4 is 23.0 Å². The summed E-state index contributed by atoms with van der Waals surface area (Å²) < 4.78 is 1.43. The van der Waals surface area contributed by atoms with Crippen LogP contribution in [0.3, 0.4) is 0 Å². The highest BCUT2D eigenvalue weighted by Gasteiger charge is 2.13. The zero-order valence-corrected chi connectivity index (χ0v) is 10.1. The fraction of sp³-hybridized carbons (Fsp3) is 0.400. The Hall–Kier alpha value is -2.26. The van der Waals surface area contributed by atoms with Crippen LogP contribution in [-0.4, -0.2) is 48.4 Å². The number of aliphatic hydroxyl groups excluding tert-OH is 2. The topological polar surface area (TPSA) is 133 Å². The average molecular weight is 267 g/mol. The van der Waals surface area contributed by atoms with Gasteiger partial charge in [0.05, 0.1) is 25.6 Å². The smallest absolute Gasteiger partial charge is 0.280 e. The van der Waals surface area contributed by atoms with Gasteiger partial charge in [-0.05, 0) is 0 Å². The highest BCUT2D eigenvalue weighted by Crippen LogP contribution is 2.08. The summed E-state index contributed by atoms with van der Waals surface area (Å²) in [7, 11) is 0. The Morgan fingerprint density at radius 3 is 3.00 bits per heavy atom. The van der Waals surface area contributed by atoms with Crippen LogP contribution in [0.1, 0.15) is 6.92 Å². The Kier molecular flexibility index (Phi) is 3.58. The predicted octanol–water partition coefficient (Wildman–Crippen LogP) is -1.57. The summed E-state index contributed by atoms with van der Waals surface area (Å²) in [5.74, 6) is -0.366. The first-order chi connectivity index (χ1) is 9.01. The van der Waals surface area contributed by atoms with Crippen LogP contribution in [-0.2, 0) is 11.3 Å². The van der Waals surface area contributed by atoms with Gasteiger partial charge in [-0.15, -0.1) is 0 Å². The van der Waals surface area contributed by atoms with E-state index in [4.69, 9.17) is 5.11 Å². The number of hydrogen-bond acceptors (Lipinski definition) is 6. The molecule has 2 aromatic rings. The molecule has 0 bridgehead atoms.